The summed E-state index contributed by atoms with van der Waals surface area (Å²) in [5, 5.41) is 23.9. The maximum absolute atomic E-state index is 10.3. The number of oxime groups is 1. The molecule has 0 radical (unpaired) electrons. The van der Waals surface area contributed by atoms with Gasteiger partial charge >= 0.3 is 0 Å². The van der Waals surface area contributed by atoms with E-state index in [-0.39, 0.29) is 11.5 Å². The molecular formula is C27H45NO2. The van der Waals surface area contributed by atoms with E-state index in [0.717, 1.165) is 54.2 Å². The Hall–Kier alpha value is -0.830. The van der Waals surface area contributed by atoms with Crippen molar-refractivity contribution in [2.45, 2.75) is 105 Å². The van der Waals surface area contributed by atoms with Crippen LogP contribution in [0.2, 0.25) is 0 Å². The highest BCUT2D eigenvalue weighted by molar-refractivity contribution is 6.02. The summed E-state index contributed by atoms with van der Waals surface area (Å²) >= 11 is 0. The van der Waals surface area contributed by atoms with Gasteiger partial charge in [0.1, 0.15) is 0 Å². The molecule has 4 rings (SSSR count). The van der Waals surface area contributed by atoms with Crippen molar-refractivity contribution >= 4 is 5.71 Å². The average molecular weight is 416 g/mol. The van der Waals surface area contributed by atoms with Crippen LogP contribution in [-0.2, 0) is 0 Å². The Morgan fingerprint density at radius 2 is 1.80 bits per heavy atom. The van der Waals surface area contributed by atoms with Crippen LogP contribution in [0.3, 0.4) is 0 Å². The molecule has 4 aliphatic rings. The fourth-order valence-electron chi connectivity index (χ4n) is 8.68. The zero-order chi connectivity index (χ0) is 21.7. The predicted molar refractivity (Wildman–Crippen MR) is 124 cm³/mol. The Bertz CT molecular complexity index is 697. The largest absolute Gasteiger partial charge is 0.411 e. The van der Waals surface area contributed by atoms with Gasteiger partial charge in [-0.3, -0.25) is 0 Å². The van der Waals surface area contributed by atoms with Gasteiger partial charge in [0.05, 0.1) is 11.8 Å². The van der Waals surface area contributed by atoms with Crippen LogP contribution in [0.25, 0.3) is 0 Å². The molecule has 3 fully saturated rings. The summed E-state index contributed by atoms with van der Waals surface area (Å²) in [4.78, 5) is 0. The summed E-state index contributed by atoms with van der Waals surface area (Å²) in [6, 6.07) is 0. The average Bonchev–Trinajstić information content (AvgIpc) is 3.05. The van der Waals surface area contributed by atoms with Crippen molar-refractivity contribution in [1.29, 1.82) is 0 Å². The number of rotatable bonds is 5. The van der Waals surface area contributed by atoms with Crippen molar-refractivity contribution in [2.75, 3.05) is 0 Å². The molecule has 4 aliphatic carbocycles. The molecular weight excluding hydrogens is 370 g/mol. The van der Waals surface area contributed by atoms with E-state index in [9.17, 15) is 10.3 Å². The van der Waals surface area contributed by atoms with Gasteiger partial charge in [-0.15, -0.1) is 0 Å². The van der Waals surface area contributed by atoms with E-state index >= 15 is 0 Å². The highest BCUT2D eigenvalue weighted by atomic mass is 16.4. The van der Waals surface area contributed by atoms with Crippen molar-refractivity contribution in [2.24, 2.45) is 51.5 Å². The molecule has 0 heterocycles. The Balaban J connectivity index is 1.56. The molecule has 170 valence electrons. The predicted octanol–water partition coefficient (Wildman–Crippen LogP) is 6.83. The molecule has 0 aromatic rings. The van der Waals surface area contributed by atoms with Crippen LogP contribution in [-0.4, -0.2) is 22.1 Å². The fourth-order valence-corrected chi connectivity index (χ4v) is 8.68. The maximum atomic E-state index is 10.3. The number of nitrogens with zero attached hydrogens (tertiary/aromatic N) is 1. The monoisotopic (exact) mass is 415 g/mol. The highest BCUT2D eigenvalue weighted by Crippen LogP contribution is 2.67. The lowest BCUT2D eigenvalue weighted by Gasteiger charge is -2.58. The van der Waals surface area contributed by atoms with Crippen molar-refractivity contribution in [3.8, 4) is 0 Å². The number of fused-ring (bicyclic) bond motifs is 5. The standard InChI is InChI=1S/C27H45NO2/c1-17(2)7-6-8-18(3)21-9-10-22-20-16-25(28-30)24-15-19(29)11-13-27(24,5)23(20)12-14-26(21,22)4/h15,17-23,29-30H,6-14,16H2,1-5H3/b28-25+/t18-,19+,20?,21?,22?,23?,26-,27-/m1/s1. The second-order valence-electron chi connectivity index (χ2n) is 12.3. The first-order chi connectivity index (χ1) is 14.2. The fraction of sp³-hybridized carbons (Fsp3) is 0.889. The number of aliphatic hydroxyl groups excluding tert-OH is 1. The Kier molecular flexibility index (Phi) is 6.16. The molecule has 0 amide bonds. The van der Waals surface area contributed by atoms with Crippen LogP contribution in [0.1, 0.15) is 98.8 Å². The first kappa shape index (κ1) is 22.4. The molecule has 0 aliphatic heterocycles. The minimum atomic E-state index is -0.377. The topological polar surface area (TPSA) is 52.8 Å². The van der Waals surface area contributed by atoms with Crippen LogP contribution in [0.15, 0.2) is 16.8 Å². The molecule has 4 unspecified atom stereocenters. The highest BCUT2D eigenvalue weighted by Gasteiger charge is 2.60. The van der Waals surface area contributed by atoms with E-state index < -0.39 is 0 Å². The van der Waals surface area contributed by atoms with Crippen LogP contribution in [0.4, 0.5) is 0 Å². The van der Waals surface area contributed by atoms with E-state index in [4.69, 9.17) is 0 Å². The van der Waals surface area contributed by atoms with E-state index in [1.807, 2.05) is 6.08 Å². The number of allylic oxidation sites excluding steroid dienone is 1. The van der Waals surface area contributed by atoms with Crippen molar-refractivity contribution in [3.63, 3.8) is 0 Å². The summed E-state index contributed by atoms with van der Waals surface area (Å²) in [6.45, 7) is 12.2. The lowest BCUT2D eigenvalue weighted by atomic mass is 9.46. The number of aliphatic hydroxyl groups is 1. The normalized spacial score (nSPS) is 45.6. The van der Waals surface area contributed by atoms with Gasteiger partial charge in [0, 0.05) is 0 Å². The minimum Gasteiger partial charge on any atom is -0.411 e. The first-order valence-corrected chi connectivity index (χ1v) is 12.8. The van der Waals surface area contributed by atoms with Gasteiger partial charge in [-0.05, 0) is 96.9 Å². The molecule has 3 nitrogen and oxygen atoms in total. The van der Waals surface area contributed by atoms with Gasteiger partial charge in [0.15, 0.2) is 0 Å². The van der Waals surface area contributed by atoms with Crippen molar-refractivity contribution in [3.05, 3.63) is 11.6 Å². The molecule has 0 aromatic heterocycles. The molecule has 0 saturated heterocycles. The van der Waals surface area contributed by atoms with Crippen LogP contribution in [0.5, 0.6) is 0 Å². The molecule has 0 spiro atoms. The van der Waals surface area contributed by atoms with E-state index in [0.29, 0.717) is 17.3 Å². The van der Waals surface area contributed by atoms with Crippen molar-refractivity contribution in [1.82, 2.24) is 0 Å². The Labute approximate surface area is 184 Å². The molecule has 3 heteroatoms. The molecule has 2 N–H and O–H groups in total. The van der Waals surface area contributed by atoms with Gasteiger partial charge in [-0.1, -0.05) is 65.1 Å². The Morgan fingerprint density at radius 1 is 1.03 bits per heavy atom. The zero-order valence-electron chi connectivity index (χ0n) is 20.0. The van der Waals surface area contributed by atoms with Gasteiger partial charge in [0.25, 0.3) is 0 Å². The smallest absolute Gasteiger partial charge is 0.0833 e. The third-order valence-corrected chi connectivity index (χ3v) is 10.3. The van der Waals surface area contributed by atoms with Crippen LogP contribution < -0.4 is 0 Å². The third kappa shape index (κ3) is 3.57. The molecule has 0 bridgehead atoms. The molecule has 8 atom stereocenters. The number of hydrogen-bond donors (Lipinski definition) is 2. The molecule has 30 heavy (non-hydrogen) atoms. The van der Waals surface area contributed by atoms with Crippen molar-refractivity contribution < 1.29 is 10.3 Å². The van der Waals surface area contributed by atoms with E-state index in [1.165, 1.54) is 44.9 Å². The van der Waals surface area contributed by atoms with E-state index in [1.54, 1.807) is 0 Å². The van der Waals surface area contributed by atoms with Gasteiger partial charge < -0.3 is 10.3 Å². The minimum absolute atomic E-state index is 0.0754. The maximum Gasteiger partial charge on any atom is 0.0833 e. The second-order valence-corrected chi connectivity index (χ2v) is 12.3. The van der Waals surface area contributed by atoms with Gasteiger partial charge in [0.2, 0.25) is 0 Å². The molecule has 0 aromatic carbocycles. The number of hydrogen-bond acceptors (Lipinski definition) is 3. The lowest BCUT2D eigenvalue weighted by molar-refractivity contribution is -0.0474. The van der Waals surface area contributed by atoms with E-state index in [2.05, 4.69) is 39.8 Å². The zero-order valence-corrected chi connectivity index (χ0v) is 20.0. The quantitative estimate of drug-likeness (QED) is 0.382. The summed E-state index contributed by atoms with van der Waals surface area (Å²) in [7, 11) is 0. The van der Waals surface area contributed by atoms with Gasteiger partial charge in [-0.25, -0.2) is 0 Å². The van der Waals surface area contributed by atoms with Crippen LogP contribution >= 0.6 is 0 Å². The van der Waals surface area contributed by atoms with Gasteiger partial charge in [-0.2, -0.15) is 0 Å². The summed E-state index contributed by atoms with van der Waals surface area (Å²) in [6.07, 6.45) is 13.9. The summed E-state index contributed by atoms with van der Waals surface area (Å²) < 4.78 is 0. The summed E-state index contributed by atoms with van der Waals surface area (Å²) in [5.74, 6) is 4.56. The van der Waals surface area contributed by atoms with Crippen LogP contribution in [0, 0.1) is 46.3 Å². The third-order valence-electron chi connectivity index (χ3n) is 10.3. The second kappa shape index (κ2) is 8.26. The summed E-state index contributed by atoms with van der Waals surface area (Å²) in [5.41, 5.74) is 2.55. The molecule has 3 saturated carbocycles. The SMILES string of the molecule is CC(C)CCC[C@@H](C)C1CCC2C3C/C(=N\O)C4=C[C@@H](O)CC[C@]4(C)C3CC[C@@]21C. The lowest BCUT2D eigenvalue weighted by Crippen LogP contribution is -2.53. The Morgan fingerprint density at radius 3 is 2.50 bits per heavy atom. The first-order valence-electron chi connectivity index (χ1n) is 12.8.